The van der Waals surface area contributed by atoms with Crippen molar-refractivity contribution in [2.75, 3.05) is 0 Å². The van der Waals surface area contributed by atoms with Gasteiger partial charge in [-0.15, -0.1) is 11.3 Å². The Morgan fingerprint density at radius 2 is 0.807 bits per heavy atom. The molecule has 57 heavy (non-hydrogen) atoms. The second kappa shape index (κ2) is 12.3. The number of hydrogen-bond acceptors (Lipinski definition) is 1. The Labute approximate surface area is 341 Å². The maximum Gasteiger partial charge on any atom is 0.228 e. The van der Waals surface area contributed by atoms with Gasteiger partial charge in [0, 0.05) is 41.7 Å². The van der Waals surface area contributed by atoms with E-state index < -0.39 is 0 Å². The fourth-order valence-corrected chi connectivity index (χ4v) is 9.95. The normalized spacial score (nSPS) is 13.2. The summed E-state index contributed by atoms with van der Waals surface area (Å²) >= 11 is 1.74. The number of benzene rings is 6. The summed E-state index contributed by atoms with van der Waals surface area (Å²) < 4.78 is 7.09. The first-order valence-corrected chi connectivity index (χ1v) is 21.1. The molecule has 286 valence electrons. The van der Waals surface area contributed by atoms with Gasteiger partial charge < -0.3 is 9.13 Å². The van der Waals surface area contributed by atoms with Crippen molar-refractivity contribution in [1.29, 1.82) is 0 Å². The van der Waals surface area contributed by atoms with E-state index in [1.807, 2.05) is 0 Å². The van der Waals surface area contributed by atoms with Crippen LogP contribution >= 0.6 is 11.3 Å². The summed E-state index contributed by atoms with van der Waals surface area (Å²) in [4.78, 5) is 4.43. The maximum atomic E-state index is 8.87. The molecule has 0 saturated carbocycles. The highest BCUT2D eigenvalue weighted by Crippen LogP contribution is 2.50. The zero-order valence-corrected chi connectivity index (χ0v) is 36.4. The lowest BCUT2D eigenvalue weighted by Crippen LogP contribution is -2.10. The van der Waals surface area contributed by atoms with Crippen LogP contribution in [0.3, 0.4) is 0 Å². The van der Waals surface area contributed by atoms with E-state index in [0.29, 0.717) is 5.69 Å². The van der Waals surface area contributed by atoms with Gasteiger partial charge in [-0.2, -0.15) is 0 Å². The molecule has 3 aromatic heterocycles. The second-order valence-corrected chi connectivity index (χ2v) is 21.3. The van der Waals surface area contributed by atoms with E-state index in [2.05, 4.69) is 200 Å². The van der Waals surface area contributed by atoms with Crippen LogP contribution in [0, 0.1) is 6.57 Å². The SMILES string of the molecule is [C-]#[N+]c1c(-n2c3ccc(C(C)(C)C)cc3c3cc(C(C)(C)C)ccc32)cc(-n2c3ccc(C(C)(C)C)cc3c3cc(C(C)(C)C)ccc32)c2c1sc1ccccc12. The van der Waals surface area contributed by atoms with Crippen LogP contribution in [0.2, 0.25) is 0 Å². The van der Waals surface area contributed by atoms with E-state index in [4.69, 9.17) is 6.57 Å². The van der Waals surface area contributed by atoms with Crippen molar-refractivity contribution in [3.05, 3.63) is 137 Å². The minimum atomic E-state index is -0.00861. The average molecular weight is 764 g/mol. The van der Waals surface area contributed by atoms with Crippen LogP contribution in [-0.2, 0) is 21.7 Å². The average Bonchev–Trinajstić information content (AvgIpc) is 3.79. The monoisotopic (exact) mass is 763 g/mol. The number of rotatable bonds is 2. The standard InChI is InChI=1S/C53H53N3S/c1-50(2,3)31-18-22-40-36(26-31)37-27-32(51(4,5)6)19-23-41(37)55(40)44-30-45(48(54-13)49-47(44)35-16-14-15-17-46(35)57-49)56-42-24-20-33(52(7,8)9)28-38(42)39-29-34(53(10,11)12)21-25-43(39)56/h14-30H,1-12H3. The highest BCUT2D eigenvalue weighted by molar-refractivity contribution is 7.26. The van der Waals surface area contributed by atoms with Crippen molar-refractivity contribution in [3.63, 3.8) is 0 Å². The maximum absolute atomic E-state index is 8.87. The van der Waals surface area contributed by atoms with Gasteiger partial charge in [-0.1, -0.05) is 126 Å². The predicted molar refractivity (Wildman–Crippen MR) is 249 cm³/mol. The van der Waals surface area contributed by atoms with Crippen LogP contribution in [0.25, 0.3) is 80.0 Å². The number of nitrogens with zero attached hydrogens (tertiary/aromatic N) is 3. The topological polar surface area (TPSA) is 14.2 Å². The number of fused-ring (bicyclic) bond motifs is 9. The van der Waals surface area contributed by atoms with Crippen LogP contribution in [0.1, 0.15) is 105 Å². The summed E-state index contributed by atoms with van der Waals surface area (Å²) in [5, 5.41) is 7.28. The molecular formula is C53H53N3S. The summed E-state index contributed by atoms with van der Waals surface area (Å²) in [6.45, 7) is 36.4. The Kier molecular flexibility index (Phi) is 8.04. The number of thiophene rings is 1. The van der Waals surface area contributed by atoms with Gasteiger partial charge in [0.15, 0.2) is 0 Å². The summed E-state index contributed by atoms with van der Waals surface area (Å²) in [7, 11) is 0. The minimum Gasteiger partial charge on any atom is -0.319 e. The summed E-state index contributed by atoms with van der Waals surface area (Å²) in [5.74, 6) is 0. The molecule has 0 aliphatic carbocycles. The largest absolute Gasteiger partial charge is 0.319 e. The van der Waals surface area contributed by atoms with Gasteiger partial charge in [-0.25, -0.2) is 4.85 Å². The van der Waals surface area contributed by atoms with Gasteiger partial charge in [0.1, 0.15) is 0 Å². The first kappa shape index (κ1) is 37.2. The molecule has 0 unspecified atom stereocenters. The first-order chi connectivity index (χ1) is 26.8. The highest BCUT2D eigenvalue weighted by Gasteiger charge is 2.27. The van der Waals surface area contributed by atoms with Crippen LogP contribution in [0.15, 0.2) is 103 Å². The van der Waals surface area contributed by atoms with Crippen molar-refractivity contribution < 1.29 is 0 Å². The molecule has 0 amide bonds. The van der Waals surface area contributed by atoms with Crippen molar-refractivity contribution in [1.82, 2.24) is 9.13 Å². The smallest absolute Gasteiger partial charge is 0.228 e. The Bertz CT molecular complexity index is 3020. The van der Waals surface area contributed by atoms with Gasteiger partial charge >= 0.3 is 0 Å². The Hall–Kier alpha value is -5.37. The van der Waals surface area contributed by atoms with Crippen molar-refractivity contribution in [3.8, 4) is 11.4 Å². The Morgan fingerprint density at radius 1 is 0.439 bits per heavy atom. The zero-order chi connectivity index (χ0) is 40.6. The molecule has 3 nitrogen and oxygen atoms in total. The van der Waals surface area contributed by atoms with E-state index in [1.165, 1.54) is 64.9 Å². The summed E-state index contributed by atoms with van der Waals surface area (Å²) in [6, 6.07) is 39.1. The molecular weight excluding hydrogens is 711 g/mol. The van der Waals surface area contributed by atoms with Crippen molar-refractivity contribution in [2.24, 2.45) is 0 Å². The fourth-order valence-electron chi connectivity index (χ4n) is 8.74. The Morgan fingerprint density at radius 3 is 1.18 bits per heavy atom. The lowest BCUT2D eigenvalue weighted by molar-refractivity contribution is 0.590. The number of aromatic nitrogens is 2. The van der Waals surface area contributed by atoms with Crippen molar-refractivity contribution >= 4 is 80.8 Å². The molecule has 0 N–H and O–H groups in total. The zero-order valence-electron chi connectivity index (χ0n) is 35.6. The van der Waals surface area contributed by atoms with Crippen LogP contribution < -0.4 is 0 Å². The van der Waals surface area contributed by atoms with E-state index in [1.54, 1.807) is 11.3 Å². The molecule has 0 fully saturated rings. The van der Waals surface area contributed by atoms with Gasteiger partial charge in [-0.3, -0.25) is 0 Å². The van der Waals surface area contributed by atoms with Gasteiger partial charge in [0.2, 0.25) is 5.69 Å². The predicted octanol–water partition coefficient (Wildman–Crippen LogP) is 16.0. The molecule has 9 rings (SSSR count). The van der Waals surface area contributed by atoms with E-state index in [-0.39, 0.29) is 21.7 Å². The molecule has 9 aromatic rings. The van der Waals surface area contributed by atoms with Gasteiger partial charge in [-0.05, 0) is 105 Å². The van der Waals surface area contributed by atoms with Gasteiger partial charge in [0.05, 0.1) is 40.0 Å². The molecule has 3 heterocycles. The van der Waals surface area contributed by atoms with Crippen LogP contribution in [0.4, 0.5) is 5.69 Å². The molecule has 0 bridgehead atoms. The molecule has 0 spiro atoms. The van der Waals surface area contributed by atoms with Gasteiger partial charge in [0.25, 0.3) is 0 Å². The molecule has 6 aromatic carbocycles. The third kappa shape index (κ3) is 5.80. The molecule has 0 aliphatic rings. The first-order valence-electron chi connectivity index (χ1n) is 20.3. The molecule has 0 atom stereocenters. The Balaban J connectivity index is 1.48. The quantitative estimate of drug-likeness (QED) is 0.156. The summed E-state index contributed by atoms with van der Waals surface area (Å²) in [6.07, 6.45) is 0. The third-order valence-electron chi connectivity index (χ3n) is 12.2. The molecule has 0 radical (unpaired) electrons. The highest BCUT2D eigenvalue weighted by atomic mass is 32.1. The van der Waals surface area contributed by atoms with Crippen molar-refractivity contribution in [2.45, 2.75) is 105 Å². The third-order valence-corrected chi connectivity index (χ3v) is 13.3. The lowest BCUT2D eigenvalue weighted by Gasteiger charge is -2.20. The molecule has 4 heteroatoms. The van der Waals surface area contributed by atoms with E-state index in [9.17, 15) is 0 Å². The second-order valence-electron chi connectivity index (χ2n) is 20.3. The van der Waals surface area contributed by atoms with Crippen LogP contribution in [-0.4, -0.2) is 9.13 Å². The molecule has 0 saturated heterocycles. The molecule has 0 aliphatic heterocycles. The van der Waals surface area contributed by atoms with E-state index >= 15 is 0 Å². The summed E-state index contributed by atoms with van der Waals surface area (Å²) in [5.41, 5.74) is 12.5. The minimum absolute atomic E-state index is 0.00176. The van der Waals surface area contributed by atoms with E-state index in [0.717, 1.165) is 32.5 Å². The number of hydrogen-bond donors (Lipinski definition) is 0. The van der Waals surface area contributed by atoms with Crippen LogP contribution in [0.5, 0.6) is 0 Å². The lowest BCUT2D eigenvalue weighted by atomic mass is 9.85. The fraction of sp³-hybridized carbons (Fsp3) is 0.302.